The first kappa shape index (κ1) is 33.6. The summed E-state index contributed by atoms with van der Waals surface area (Å²) in [5.74, 6) is -0.834. The zero-order valence-corrected chi connectivity index (χ0v) is 25.1. The Hall–Kier alpha value is -3.91. The summed E-state index contributed by atoms with van der Waals surface area (Å²) in [6.07, 6.45) is 9.08. The number of carbonyl (C=O) groups is 3. The summed E-state index contributed by atoms with van der Waals surface area (Å²) in [4.78, 5) is 38.7. The first-order valence-corrected chi connectivity index (χ1v) is 15.2. The normalized spacial score (nSPS) is 15.1. The van der Waals surface area contributed by atoms with Crippen LogP contribution in [0.5, 0.6) is 5.75 Å². The van der Waals surface area contributed by atoms with Gasteiger partial charge in [0.05, 0.1) is 24.1 Å². The molecule has 8 nitrogen and oxygen atoms in total. The van der Waals surface area contributed by atoms with Gasteiger partial charge in [0, 0.05) is 12.8 Å². The summed E-state index contributed by atoms with van der Waals surface area (Å²) in [5, 5.41) is 15.9. The molecule has 0 heterocycles. The van der Waals surface area contributed by atoms with E-state index in [9.17, 15) is 19.5 Å². The average Bonchev–Trinajstić information content (AvgIpc) is 3.48. The smallest absolute Gasteiger partial charge is 0.305 e. The van der Waals surface area contributed by atoms with Crippen molar-refractivity contribution >= 4 is 17.8 Å². The molecule has 1 fully saturated rings. The summed E-state index contributed by atoms with van der Waals surface area (Å²) >= 11 is 0. The van der Waals surface area contributed by atoms with E-state index in [1.807, 2.05) is 54.6 Å². The van der Waals surface area contributed by atoms with Crippen LogP contribution in [0.2, 0.25) is 0 Å². The molecule has 0 aromatic heterocycles. The molecular formula is C35H46N2O6. The van der Waals surface area contributed by atoms with Gasteiger partial charge in [-0.15, -0.1) is 13.2 Å². The molecule has 1 aliphatic rings. The number of hydrogen-bond acceptors (Lipinski definition) is 6. The van der Waals surface area contributed by atoms with Gasteiger partial charge in [0.1, 0.15) is 19.0 Å². The van der Waals surface area contributed by atoms with Crippen molar-refractivity contribution in [2.24, 2.45) is 5.92 Å². The number of rotatable bonds is 19. The third-order valence-corrected chi connectivity index (χ3v) is 7.76. The maximum Gasteiger partial charge on any atom is 0.305 e. The lowest BCUT2D eigenvalue weighted by Gasteiger charge is -2.29. The second kappa shape index (κ2) is 17.9. The number of aliphatic hydroxyl groups is 1. The predicted molar refractivity (Wildman–Crippen MR) is 167 cm³/mol. The summed E-state index contributed by atoms with van der Waals surface area (Å²) in [5.41, 5.74) is 1.40. The largest absolute Gasteiger partial charge is 0.489 e. The van der Waals surface area contributed by atoms with E-state index in [-0.39, 0.29) is 43.8 Å². The number of ether oxygens (including phenoxy) is 2. The Morgan fingerprint density at radius 1 is 0.977 bits per heavy atom. The van der Waals surface area contributed by atoms with Crippen LogP contribution in [0.3, 0.4) is 0 Å². The molecule has 0 aliphatic heterocycles. The zero-order chi connectivity index (χ0) is 30.9. The third-order valence-electron chi connectivity index (χ3n) is 7.76. The lowest BCUT2D eigenvalue weighted by atomic mass is 9.95. The molecule has 2 aromatic rings. The monoisotopic (exact) mass is 590 g/mol. The van der Waals surface area contributed by atoms with Gasteiger partial charge in [-0.3, -0.25) is 14.4 Å². The van der Waals surface area contributed by atoms with Crippen molar-refractivity contribution in [1.29, 1.82) is 0 Å². The van der Waals surface area contributed by atoms with Crippen LogP contribution in [0.4, 0.5) is 0 Å². The van der Waals surface area contributed by atoms with Crippen molar-refractivity contribution in [3.63, 3.8) is 0 Å². The number of amides is 2. The molecule has 0 radical (unpaired) electrons. The van der Waals surface area contributed by atoms with Crippen LogP contribution in [0, 0.1) is 5.92 Å². The lowest BCUT2D eigenvalue weighted by Crippen LogP contribution is -2.50. The maximum absolute atomic E-state index is 13.4. The Morgan fingerprint density at radius 2 is 1.70 bits per heavy atom. The number of benzene rings is 2. The number of carbonyl (C=O) groups excluding carboxylic acids is 3. The van der Waals surface area contributed by atoms with Crippen LogP contribution in [0.15, 0.2) is 79.9 Å². The van der Waals surface area contributed by atoms with Crippen LogP contribution < -0.4 is 15.4 Å². The van der Waals surface area contributed by atoms with E-state index in [4.69, 9.17) is 9.47 Å². The number of hydrogen-bond donors (Lipinski definition) is 3. The Bertz CT molecular complexity index is 1170. The Kier molecular flexibility index (Phi) is 14.0. The number of allylic oxidation sites excluding steroid dienone is 2. The van der Waals surface area contributed by atoms with E-state index < -0.39 is 17.5 Å². The second-order valence-corrected chi connectivity index (χ2v) is 11.3. The first-order valence-electron chi connectivity index (χ1n) is 15.2. The summed E-state index contributed by atoms with van der Waals surface area (Å²) in [6.45, 7) is 7.79. The molecule has 2 amide bonds. The van der Waals surface area contributed by atoms with Crippen LogP contribution in [0.1, 0.15) is 68.9 Å². The molecule has 2 unspecified atom stereocenters. The van der Waals surface area contributed by atoms with Crippen molar-refractivity contribution in [3.05, 3.63) is 91.0 Å². The molecule has 0 bridgehead atoms. The first-order chi connectivity index (χ1) is 20.9. The molecule has 3 rings (SSSR count). The quantitative estimate of drug-likeness (QED) is 0.118. The van der Waals surface area contributed by atoms with Gasteiger partial charge in [-0.1, -0.05) is 67.5 Å². The molecule has 2 atom stereocenters. The number of unbranched alkanes of at least 4 members (excludes halogenated alkanes) is 1. The SMILES string of the molecule is C=CCCCC(=O)OCC(Cc1ccc(OCc2ccccc2)cc1)NC(=O)C(CC=C)CC(=O)NC1(CO)CCCC1. The minimum atomic E-state index is -0.644. The van der Waals surface area contributed by atoms with E-state index in [1.165, 1.54) is 0 Å². The topological polar surface area (TPSA) is 114 Å². The Labute approximate surface area is 255 Å². The average molecular weight is 591 g/mol. The Balaban J connectivity index is 1.63. The second-order valence-electron chi connectivity index (χ2n) is 11.3. The van der Waals surface area contributed by atoms with Gasteiger partial charge in [0.2, 0.25) is 11.8 Å². The van der Waals surface area contributed by atoms with Crippen molar-refractivity contribution in [2.75, 3.05) is 13.2 Å². The molecule has 0 saturated heterocycles. The van der Waals surface area contributed by atoms with Gasteiger partial charge in [-0.05, 0) is 61.8 Å². The van der Waals surface area contributed by atoms with Crippen LogP contribution in [0.25, 0.3) is 0 Å². The fraction of sp³-hybridized carbons (Fsp3) is 0.457. The van der Waals surface area contributed by atoms with Crippen LogP contribution in [-0.4, -0.2) is 47.7 Å². The molecular weight excluding hydrogens is 544 g/mol. The number of esters is 1. The minimum Gasteiger partial charge on any atom is -0.489 e. The predicted octanol–water partition coefficient (Wildman–Crippen LogP) is 5.20. The van der Waals surface area contributed by atoms with E-state index in [2.05, 4.69) is 23.8 Å². The maximum atomic E-state index is 13.4. The summed E-state index contributed by atoms with van der Waals surface area (Å²) in [7, 11) is 0. The van der Waals surface area contributed by atoms with Gasteiger partial charge >= 0.3 is 5.97 Å². The number of nitrogens with one attached hydrogen (secondary N) is 2. The molecule has 1 saturated carbocycles. The third kappa shape index (κ3) is 11.7. The number of aliphatic hydroxyl groups excluding tert-OH is 1. The van der Waals surface area contributed by atoms with Crippen molar-refractivity contribution < 1.29 is 29.0 Å². The Morgan fingerprint density at radius 3 is 2.35 bits per heavy atom. The summed E-state index contributed by atoms with van der Waals surface area (Å²) in [6, 6.07) is 17.0. The molecule has 232 valence electrons. The lowest BCUT2D eigenvalue weighted by molar-refractivity contribution is -0.145. The molecule has 0 spiro atoms. The standard InChI is InChI=1S/C35H46N2O6/c1-3-5-7-15-33(40)43-25-30(22-27-16-18-31(19-17-27)42-24-28-13-8-6-9-14-28)36-34(41)29(12-4-2)23-32(39)37-35(26-38)20-10-11-21-35/h3-4,6,8-9,13-14,16-19,29-30,38H,1-2,5,7,10-12,15,20-26H2,(H,36,41)(H,37,39). The fourth-order valence-corrected chi connectivity index (χ4v) is 5.30. The van der Waals surface area contributed by atoms with Gasteiger partial charge in [-0.2, -0.15) is 0 Å². The van der Waals surface area contributed by atoms with Gasteiger partial charge in [0.25, 0.3) is 0 Å². The van der Waals surface area contributed by atoms with Gasteiger partial charge < -0.3 is 25.2 Å². The molecule has 3 N–H and O–H groups in total. The minimum absolute atomic E-state index is 0.00551. The van der Waals surface area contributed by atoms with E-state index in [1.54, 1.807) is 12.2 Å². The van der Waals surface area contributed by atoms with Crippen LogP contribution in [-0.2, 0) is 32.1 Å². The van der Waals surface area contributed by atoms with E-state index in [0.29, 0.717) is 25.9 Å². The highest BCUT2D eigenvalue weighted by Crippen LogP contribution is 2.29. The highest BCUT2D eigenvalue weighted by atomic mass is 16.5. The van der Waals surface area contributed by atoms with Crippen molar-refractivity contribution in [3.8, 4) is 5.75 Å². The zero-order valence-electron chi connectivity index (χ0n) is 25.1. The summed E-state index contributed by atoms with van der Waals surface area (Å²) < 4.78 is 11.4. The van der Waals surface area contributed by atoms with Gasteiger partial charge in [-0.25, -0.2) is 0 Å². The van der Waals surface area contributed by atoms with Crippen molar-refractivity contribution in [2.45, 2.75) is 82.4 Å². The molecule has 8 heteroatoms. The van der Waals surface area contributed by atoms with Gasteiger partial charge in [0.15, 0.2) is 0 Å². The van der Waals surface area contributed by atoms with E-state index >= 15 is 0 Å². The van der Waals surface area contributed by atoms with Crippen molar-refractivity contribution in [1.82, 2.24) is 10.6 Å². The fourth-order valence-electron chi connectivity index (χ4n) is 5.30. The molecule has 1 aliphatic carbocycles. The van der Waals surface area contributed by atoms with Crippen LogP contribution >= 0.6 is 0 Å². The highest BCUT2D eigenvalue weighted by Gasteiger charge is 2.35. The van der Waals surface area contributed by atoms with E-state index in [0.717, 1.165) is 49.0 Å². The molecule has 2 aromatic carbocycles. The highest BCUT2D eigenvalue weighted by molar-refractivity contribution is 5.86. The molecule has 43 heavy (non-hydrogen) atoms.